The normalized spacial score (nSPS) is 15.0. The Morgan fingerprint density at radius 1 is 1.17 bits per heavy atom. The molecule has 0 aromatic heterocycles. The van der Waals surface area contributed by atoms with E-state index >= 15 is 0 Å². The maximum absolute atomic E-state index is 13.7. The predicted octanol–water partition coefficient (Wildman–Crippen LogP) is 4.30. The summed E-state index contributed by atoms with van der Waals surface area (Å²) in [6, 6.07) is 0. The Balaban J connectivity index is 4.64. The van der Waals surface area contributed by atoms with Crippen LogP contribution in [0.2, 0.25) is 0 Å². The van der Waals surface area contributed by atoms with E-state index in [1.54, 1.807) is 0 Å². The van der Waals surface area contributed by atoms with Crippen LogP contribution in [-0.2, 0) is 9.53 Å². The minimum Gasteiger partial charge on any atom is -0.416 e. The van der Waals surface area contributed by atoms with Crippen molar-refractivity contribution < 1.29 is 27.1 Å². The molecule has 0 amide bonds. The molecule has 0 radical (unpaired) electrons. The summed E-state index contributed by atoms with van der Waals surface area (Å²) in [4.78, 5) is 11.0. The Hall–Kier alpha value is -1.07. The molecule has 106 valence electrons. The highest BCUT2D eigenvalue weighted by Crippen LogP contribution is 2.39. The van der Waals surface area contributed by atoms with Crippen LogP contribution in [-0.4, -0.2) is 18.0 Å². The van der Waals surface area contributed by atoms with Crippen LogP contribution in [0.15, 0.2) is 12.2 Å². The predicted molar refractivity (Wildman–Crippen MR) is 59.6 cm³/mol. The monoisotopic (exact) mass is 270 g/mol. The fourth-order valence-corrected chi connectivity index (χ4v) is 1.26. The molecule has 2 nitrogen and oxygen atoms in total. The quantitative estimate of drug-likeness (QED) is 0.298. The van der Waals surface area contributed by atoms with E-state index < -0.39 is 24.4 Å². The van der Waals surface area contributed by atoms with Gasteiger partial charge in [0.1, 0.15) is 0 Å². The second-order valence-corrected chi connectivity index (χ2v) is 4.21. The molecular weight excluding hydrogens is 252 g/mol. The van der Waals surface area contributed by atoms with Gasteiger partial charge in [0, 0.05) is 12.0 Å². The molecule has 0 saturated heterocycles. The van der Waals surface area contributed by atoms with Crippen LogP contribution in [0.1, 0.15) is 46.0 Å². The summed E-state index contributed by atoms with van der Waals surface area (Å²) in [5.74, 6) is -5.29. The summed E-state index contributed by atoms with van der Waals surface area (Å²) in [6.45, 7) is 6.17. The molecule has 6 heteroatoms. The number of unbranched alkanes of at least 4 members (excludes halogenated alkanes) is 3. The highest BCUT2D eigenvalue weighted by Gasteiger charge is 2.59. The van der Waals surface area contributed by atoms with E-state index in [0.717, 1.165) is 13.3 Å². The number of esters is 1. The van der Waals surface area contributed by atoms with Gasteiger partial charge in [-0.25, -0.2) is 4.79 Å². The van der Waals surface area contributed by atoms with Crippen LogP contribution in [0, 0.1) is 0 Å². The van der Waals surface area contributed by atoms with Crippen molar-refractivity contribution in [3.05, 3.63) is 12.2 Å². The van der Waals surface area contributed by atoms with Crippen molar-refractivity contribution in [3.8, 4) is 0 Å². The molecule has 0 bridgehead atoms. The average Bonchev–Trinajstić information content (AvgIpc) is 2.22. The highest BCUT2D eigenvalue weighted by molar-refractivity contribution is 5.87. The molecule has 0 spiro atoms. The third-order valence-electron chi connectivity index (χ3n) is 2.38. The number of hydrogen-bond acceptors (Lipinski definition) is 2. The zero-order valence-electron chi connectivity index (χ0n) is 10.6. The van der Waals surface area contributed by atoms with Gasteiger partial charge in [-0.05, 0) is 13.3 Å². The first-order chi connectivity index (χ1) is 8.14. The fraction of sp³-hybridized carbons (Fsp3) is 0.750. The number of halogens is 4. The maximum Gasteiger partial charge on any atom is 0.460 e. The average molecular weight is 270 g/mol. The maximum atomic E-state index is 13.7. The number of carbonyl (C=O) groups is 1. The van der Waals surface area contributed by atoms with Gasteiger partial charge in [-0.3, -0.25) is 0 Å². The topological polar surface area (TPSA) is 26.3 Å². The number of ether oxygens (including phenoxy) is 1. The molecule has 0 N–H and O–H groups in total. The smallest absolute Gasteiger partial charge is 0.416 e. The fourth-order valence-electron chi connectivity index (χ4n) is 1.26. The van der Waals surface area contributed by atoms with Crippen LogP contribution in [0.4, 0.5) is 17.6 Å². The van der Waals surface area contributed by atoms with Crippen LogP contribution in [0.5, 0.6) is 0 Å². The van der Waals surface area contributed by atoms with Crippen LogP contribution in [0.25, 0.3) is 0 Å². The third kappa shape index (κ3) is 5.06. The van der Waals surface area contributed by atoms with Gasteiger partial charge in [-0.2, -0.15) is 17.6 Å². The summed E-state index contributed by atoms with van der Waals surface area (Å²) < 4.78 is 55.3. The lowest BCUT2D eigenvalue weighted by atomic mass is 10.1. The molecule has 18 heavy (non-hydrogen) atoms. The van der Waals surface area contributed by atoms with E-state index in [9.17, 15) is 22.4 Å². The van der Waals surface area contributed by atoms with E-state index in [2.05, 4.69) is 11.3 Å². The third-order valence-corrected chi connectivity index (χ3v) is 2.38. The molecule has 0 aliphatic heterocycles. The first-order valence-electron chi connectivity index (χ1n) is 5.78. The molecule has 0 aliphatic carbocycles. The molecule has 0 fully saturated rings. The second kappa shape index (κ2) is 6.75. The van der Waals surface area contributed by atoms with E-state index in [1.807, 2.05) is 6.92 Å². The molecule has 0 saturated carbocycles. The van der Waals surface area contributed by atoms with Crippen molar-refractivity contribution in [2.24, 2.45) is 0 Å². The van der Waals surface area contributed by atoms with Crippen molar-refractivity contribution in [3.63, 3.8) is 0 Å². The minimum atomic E-state index is -5.23. The number of rotatable bonds is 7. The van der Waals surface area contributed by atoms with Gasteiger partial charge in [0.05, 0.1) is 0 Å². The molecule has 0 aromatic rings. The van der Waals surface area contributed by atoms with Gasteiger partial charge in [0.15, 0.2) is 0 Å². The molecular formula is C12H18F4O2. The Kier molecular flexibility index (Phi) is 6.35. The molecule has 1 atom stereocenters. The lowest BCUT2D eigenvalue weighted by Crippen LogP contribution is -2.45. The van der Waals surface area contributed by atoms with Gasteiger partial charge in [-0.15, -0.1) is 0 Å². The highest BCUT2D eigenvalue weighted by atomic mass is 19.4. The minimum absolute atomic E-state index is 0.00726. The molecule has 0 aromatic carbocycles. The summed E-state index contributed by atoms with van der Waals surface area (Å²) >= 11 is 0. The van der Waals surface area contributed by atoms with Crippen molar-refractivity contribution in [1.29, 1.82) is 0 Å². The van der Waals surface area contributed by atoms with Crippen molar-refractivity contribution >= 4 is 5.97 Å². The zero-order chi connectivity index (χ0) is 14.4. The van der Waals surface area contributed by atoms with Crippen molar-refractivity contribution in [2.75, 3.05) is 0 Å². The molecule has 0 heterocycles. The van der Waals surface area contributed by atoms with Gasteiger partial charge < -0.3 is 4.74 Å². The molecule has 1 unspecified atom stereocenters. The Morgan fingerprint density at radius 2 is 1.72 bits per heavy atom. The lowest BCUT2D eigenvalue weighted by Gasteiger charge is -2.27. The van der Waals surface area contributed by atoms with E-state index in [0.29, 0.717) is 12.8 Å². The standard InChI is InChI=1S/C12H18F4O2/c1-4-5-6-7-8-11(13,12(14,15)16)18-10(17)9(2)3/h2,4-8H2,1,3H3. The number of hydrogen-bond donors (Lipinski definition) is 0. The van der Waals surface area contributed by atoms with E-state index in [1.165, 1.54) is 0 Å². The van der Waals surface area contributed by atoms with Gasteiger partial charge in [0.25, 0.3) is 0 Å². The van der Waals surface area contributed by atoms with Gasteiger partial charge in [0.2, 0.25) is 0 Å². The molecule has 0 aliphatic rings. The van der Waals surface area contributed by atoms with E-state index in [4.69, 9.17) is 0 Å². The number of alkyl halides is 4. The van der Waals surface area contributed by atoms with Crippen molar-refractivity contribution in [1.82, 2.24) is 0 Å². The van der Waals surface area contributed by atoms with Crippen LogP contribution in [0.3, 0.4) is 0 Å². The Morgan fingerprint density at radius 3 is 2.11 bits per heavy atom. The summed E-state index contributed by atoms with van der Waals surface area (Å²) in [5, 5.41) is 0. The lowest BCUT2D eigenvalue weighted by molar-refractivity contribution is -0.321. The first-order valence-corrected chi connectivity index (χ1v) is 5.78. The van der Waals surface area contributed by atoms with Crippen molar-refractivity contribution in [2.45, 2.75) is 58.0 Å². The van der Waals surface area contributed by atoms with Crippen LogP contribution < -0.4 is 0 Å². The summed E-state index contributed by atoms with van der Waals surface area (Å²) in [5.41, 5.74) is -0.269. The zero-order valence-corrected chi connectivity index (χ0v) is 10.6. The summed E-state index contributed by atoms with van der Waals surface area (Å²) in [6.07, 6.45) is -4.12. The largest absolute Gasteiger partial charge is 0.460 e. The van der Waals surface area contributed by atoms with Crippen LogP contribution >= 0.6 is 0 Å². The Labute approximate surface area is 104 Å². The second-order valence-electron chi connectivity index (χ2n) is 4.21. The van der Waals surface area contributed by atoms with E-state index in [-0.39, 0.29) is 12.0 Å². The SMILES string of the molecule is C=C(C)C(=O)OC(F)(CCCCCC)C(F)(F)F. The van der Waals surface area contributed by atoms with Gasteiger partial charge in [-0.1, -0.05) is 32.8 Å². The summed E-state index contributed by atoms with van der Waals surface area (Å²) in [7, 11) is 0. The first kappa shape index (κ1) is 16.9. The Bertz CT molecular complexity index is 299. The number of carbonyl (C=O) groups excluding carboxylic acids is 1. The van der Waals surface area contributed by atoms with Gasteiger partial charge >= 0.3 is 18.0 Å². The molecule has 0 rings (SSSR count).